The number of hydrogen-bond donors (Lipinski definition) is 2. The molecule has 0 aromatic heterocycles. The number of nitrogens with one attached hydrogen (secondary N) is 2. The molecule has 172 valence electrons. The quantitative estimate of drug-likeness (QED) is 0.518. The summed E-state index contributed by atoms with van der Waals surface area (Å²) in [5, 5.41) is 7.18. The van der Waals surface area contributed by atoms with Gasteiger partial charge in [-0.25, -0.2) is 0 Å². The van der Waals surface area contributed by atoms with Gasteiger partial charge in [0.15, 0.2) is 5.96 Å². The van der Waals surface area contributed by atoms with Gasteiger partial charge in [0.05, 0.1) is 13.2 Å². The monoisotopic (exact) mass is 427 g/mol. The number of likely N-dealkylation sites (tertiary alicyclic amines) is 1. The van der Waals surface area contributed by atoms with Crippen LogP contribution in [0, 0.1) is 0 Å². The molecule has 0 radical (unpaired) electrons. The molecular weight excluding hydrogens is 386 g/mol. The lowest BCUT2D eigenvalue weighted by atomic mass is 9.80. The molecular formula is C25H41N5O. The average Bonchev–Trinajstić information content (AvgIpc) is 3.34. The molecule has 3 fully saturated rings. The van der Waals surface area contributed by atoms with Crippen LogP contribution >= 0.6 is 0 Å². The van der Waals surface area contributed by atoms with Crippen LogP contribution in [0.1, 0.15) is 56.1 Å². The second kappa shape index (κ2) is 11.3. The Morgan fingerprint density at radius 1 is 0.903 bits per heavy atom. The molecule has 0 bridgehead atoms. The summed E-state index contributed by atoms with van der Waals surface area (Å²) in [6, 6.07) is 9.06. The van der Waals surface area contributed by atoms with Crippen molar-refractivity contribution in [3.05, 3.63) is 35.4 Å². The number of benzene rings is 1. The lowest BCUT2D eigenvalue weighted by Gasteiger charge is -2.48. The third-order valence-electron chi connectivity index (χ3n) is 7.36. The molecule has 1 saturated carbocycles. The fraction of sp³-hybridized carbons (Fsp3) is 0.720. The Morgan fingerprint density at radius 2 is 1.58 bits per heavy atom. The first kappa shape index (κ1) is 22.6. The van der Waals surface area contributed by atoms with Crippen LogP contribution in [0.2, 0.25) is 0 Å². The molecule has 31 heavy (non-hydrogen) atoms. The standard InChI is InChI=1S/C25H41N5O/c1-26-24(27-19-22-7-9-23(10-8-22)20-29-13-5-6-14-29)28-21-25(11-3-2-4-12-25)30-15-17-31-18-16-30/h7-10H,2-6,11-21H2,1H3,(H2,26,27,28). The first-order valence-corrected chi connectivity index (χ1v) is 12.3. The minimum absolute atomic E-state index is 0.247. The van der Waals surface area contributed by atoms with Crippen molar-refractivity contribution < 1.29 is 4.74 Å². The van der Waals surface area contributed by atoms with Crippen molar-refractivity contribution in [1.29, 1.82) is 0 Å². The van der Waals surface area contributed by atoms with Gasteiger partial charge in [-0.3, -0.25) is 14.8 Å². The predicted octanol–water partition coefficient (Wildman–Crippen LogP) is 2.98. The molecule has 0 atom stereocenters. The van der Waals surface area contributed by atoms with Crippen molar-refractivity contribution in [2.45, 2.75) is 63.6 Å². The van der Waals surface area contributed by atoms with E-state index >= 15 is 0 Å². The minimum atomic E-state index is 0.247. The van der Waals surface area contributed by atoms with Crippen LogP contribution in [0.25, 0.3) is 0 Å². The highest BCUT2D eigenvalue weighted by Gasteiger charge is 2.38. The van der Waals surface area contributed by atoms with E-state index in [2.05, 4.69) is 49.7 Å². The van der Waals surface area contributed by atoms with Crippen molar-refractivity contribution in [2.75, 3.05) is 53.0 Å². The van der Waals surface area contributed by atoms with E-state index in [4.69, 9.17) is 4.74 Å². The zero-order chi connectivity index (χ0) is 21.4. The lowest BCUT2D eigenvalue weighted by molar-refractivity contribution is -0.0352. The molecule has 4 rings (SSSR count). The van der Waals surface area contributed by atoms with Crippen molar-refractivity contribution in [3.8, 4) is 0 Å². The third-order valence-corrected chi connectivity index (χ3v) is 7.36. The van der Waals surface area contributed by atoms with E-state index in [9.17, 15) is 0 Å². The fourth-order valence-corrected chi connectivity index (χ4v) is 5.47. The summed E-state index contributed by atoms with van der Waals surface area (Å²) in [7, 11) is 1.87. The molecule has 3 aliphatic rings. The molecule has 2 N–H and O–H groups in total. The molecule has 0 unspecified atom stereocenters. The van der Waals surface area contributed by atoms with Gasteiger partial charge in [0.1, 0.15) is 0 Å². The molecule has 6 heteroatoms. The van der Waals surface area contributed by atoms with Gasteiger partial charge in [-0.1, -0.05) is 43.5 Å². The molecule has 2 saturated heterocycles. The molecule has 1 aromatic carbocycles. The molecule has 6 nitrogen and oxygen atoms in total. The Balaban J connectivity index is 1.27. The zero-order valence-corrected chi connectivity index (χ0v) is 19.4. The van der Waals surface area contributed by atoms with E-state index in [0.29, 0.717) is 0 Å². The Hall–Kier alpha value is -1.63. The summed E-state index contributed by atoms with van der Waals surface area (Å²) >= 11 is 0. The van der Waals surface area contributed by atoms with Gasteiger partial charge in [0.25, 0.3) is 0 Å². The lowest BCUT2D eigenvalue weighted by Crippen LogP contribution is -2.60. The van der Waals surface area contributed by atoms with E-state index in [1.165, 1.54) is 69.2 Å². The van der Waals surface area contributed by atoms with E-state index in [0.717, 1.165) is 51.9 Å². The summed E-state index contributed by atoms with van der Waals surface area (Å²) < 4.78 is 5.61. The highest BCUT2D eigenvalue weighted by molar-refractivity contribution is 5.79. The second-order valence-electron chi connectivity index (χ2n) is 9.46. The van der Waals surface area contributed by atoms with Gasteiger partial charge in [-0.2, -0.15) is 0 Å². The van der Waals surface area contributed by atoms with Crippen LogP contribution < -0.4 is 10.6 Å². The molecule has 1 aromatic rings. The Labute approximate surface area is 188 Å². The van der Waals surface area contributed by atoms with E-state index in [-0.39, 0.29) is 5.54 Å². The van der Waals surface area contributed by atoms with Crippen LogP contribution in [0.15, 0.2) is 29.3 Å². The first-order valence-electron chi connectivity index (χ1n) is 12.3. The van der Waals surface area contributed by atoms with Crippen molar-refractivity contribution in [3.63, 3.8) is 0 Å². The normalized spacial score (nSPS) is 23.1. The number of morpholine rings is 1. The van der Waals surface area contributed by atoms with Gasteiger partial charge in [0.2, 0.25) is 0 Å². The number of ether oxygens (including phenoxy) is 1. The molecule has 2 aliphatic heterocycles. The third kappa shape index (κ3) is 6.21. The van der Waals surface area contributed by atoms with Crippen LogP contribution in [0.3, 0.4) is 0 Å². The van der Waals surface area contributed by atoms with Crippen molar-refractivity contribution in [1.82, 2.24) is 20.4 Å². The Bertz CT molecular complexity index is 686. The van der Waals surface area contributed by atoms with Gasteiger partial charge < -0.3 is 15.4 Å². The number of guanidine groups is 1. The number of hydrogen-bond acceptors (Lipinski definition) is 4. The first-order chi connectivity index (χ1) is 15.3. The fourth-order valence-electron chi connectivity index (χ4n) is 5.47. The molecule has 2 heterocycles. The van der Waals surface area contributed by atoms with E-state index in [1.54, 1.807) is 0 Å². The SMILES string of the molecule is CN=C(NCc1ccc(CN2CCCC2)cc1)NCC1(N2CCOCC2)CCCCC1. The minimum Gasteiger partial charge on any atom is -0.379 e. The van der Waals surface area contributed by atoms with Gasteiger partial charge in [0, 0.05) is 45.3 Å². The summed E-state index contributed by atoms with van der Waals surface area (Å²) in [6.45, 7) is 9.17. The summed E-state index contributed by atoms with van der Waals surface area (Å²) in [5.41, 5.74) is 2.96. The number of rotatable bonds is 7. The number of aliphatic imine (C=N–C) groups is 1. The predicted molar refractivity (Wildman–Crippen MR) is 127 cm³/mol. The maximum atomic E-state index is 5.61. The molecule has 0 amide bonds. The second-order valence-corrected chi connectivity index (χ2v) is 9.46. The molecule has 0 spiro atoms. The summed E-state index contributed by atoms with van der Waals surface area (Å²) in [4.78, 5) is 9.72. The highest BCUT2D eigenvalue weighted by Crippen LogP contribution is 2.33. The zero-order valence-electron chi connectivity index (χ0n) is 19.4. The molecule has 1 aliphatic carbocycles. The smallest absolute Gasteiger partial charge is 0.191 e. The Kier molecular flexibility index (Phi) is 8.22. The average molecular weight is 428 g/mol. The topological polar surface area (TPSA) is 52.1 Å². The van der Waals surface area contributed by atoms with Gasteiger partial charge >= 0.3 is 0 Å². The summed E-state index contributed by atoms with van der Waals surface area (Å²) in [5.74, 6) is 0.902. The maximum absolute atomic E-state index is 5.61. The largest absolute Gasteiger partial charge is 0.379 e. The van der Waals surface area contributed by atoms with Gasteiger partial charge in [-0.15, -0.1) is 0 Å². The summed E-state index contributed by atoms with van der Waals surface area (Å²) in [6.07, 6.45) is 9.27. The van der Waals surface area contributed by atoms with Crippen LogP contribution in [-0.4, -0.2) is 74.3 Å². The van der Waals surface area contributed by atoms with Crippen LogP contribution in [-0.2, 0) is 17.8 Å². The highest BCUT2D eigenvalue weighted by atomic mass is 16.5. The van der Waals surface area contributed by atoms with Crippen LogP contribution in [0.5, 0.6) is 0 Å². The Morgan fingerprint density at radius 3 is 2.26 bits per heavy atom. The van der Waals surface area contributed by atoms with Crippen LogP contribution in [0.4, 0.5) is 0 Å². The van der Waals surface area contributed by atoms with Crippen molar-refractivity contribution in [2.24, 2.45) is 4.99 Å². The number of nitrogens with zero attached hydrogens (tertiary/aromatic N) is 3. The van der Waals surface area contributed by atoms with Crippen molar-refractivity contribution >= 4 is 5.96 Å². The van der Waals surface area contributed by atoms with Gasteiger partial charge in [-0.05, 0) is 49.9 Å². The van der Waals surface area contributed by atoms with E-state index in [1.807, 2.05) is 7.05 Å². The maximum Gasteiger partial charge on any atom is 0.191 e. The van der Waals surface area contributed by atoms with E-state index < -0.39 is 0 Å².